The molecule has 0 radical (unpaired) electrons. The van der Waals surface area contributed by atoms with Gasteiger partial charge in [0.2, 0.25) is 5.95 Å². The number of imidazole rings is 1. The van der Waals surface area contributed by atoms with Crippen molar-refractivity contribution in [3.8, 4) is 11.4 Å². The van der Waals surface area contributed by atoms with Crippen LogP contribution in [0.5, 0.6) is 0 Å². The van der Waals surface area contributed by atoms with Gasteiger partial charge in [-0.25, -0.2) is 15.0 Å². The van der Waals surface area contributed by atoms with E-state index in [2.05, 4.69) is 25.5 Å². The van der Waals surface area contributed by atoms with Crippen molar-refractivity contribution in [2.24, 2.45) is 0 Å². The van der Waals surface area contributed by atoms with Crippen LogP contribution in [0.4, 0.5) is 5.95 Å². The van der Waals surface area contributed by atoms with Gasteiger partial charge in [0.05, 0.1) is 23.1 Å². The van der Waals surface area contributed by atoms with E-state index < -0.39 is 0 Å². The molecule has 2 fully saturated rings. The van der Waals surface area contributed by atoms with E-state index in [-0.39, 0.29) is 0 Å². The Hall–Kier alpha value is -2.22. The summed E-state index contributed by atoms with van der Waals surface area (Å²) < 4.78 is 2.00. The SMILES string of the molecule is Clc1cnc(N[C@@H]2CCC[C@H](N3CCNCC3)C2)nc1-c1cnc2ccccn12. The lowest BCUT2D eigenvalue weighted by atomic mass is 9.89. The van der Waals surface area contributed by atoms with Gasteiger partial charge in [-0.2, -0.15) is 0 Å². The number of hydrogen-bond acceptors (Lipinski definition) is 6. The lowest BCUT2D eigenvalue weighted by molar-refractivity contribution is 0.134. The highest BCUT2D eigenvalue weighted by Gasteiger charge is 2.28. The second-order valence-corrected chi connectivity index (χ2v) is 8.32. The van der Waals surface area contributed by atoms with Crippen molar-refractivity contribution < 1.29 is 0 Å². The molecule has 29 heavy (non-hydrogen) atoms. The summed E-state index contributed by atoms with van der Waals surface area (Å²) in [6.07, 6.45) is 10.3. The second-order valence-electron chi connectivity index (χ2n) is 7.91. The van der Waals surface area contributed by atoms with Crippen LogP contribution in [-0.4, -0.2) is 62.5 Å². The second kappa shape index (κ2) is 8.26. The number of piperazine rings is 1. The topological polar surface area (TPSA) is 70.4 Å². The van der Waals surface area contributed by atoms with E-state index in [1.807, 2.05) is 35.0 Å². The lowest BCUT2D eigenvalue weighted by Crippen LogP contribution is -2.50. The number of nitrogens with one attached hydrogen (secondary N) is 2. The van der Waals surface area contributed by atoms with E-state index >= 15 is 0 Å². The highest BCUT2D eigenvalue weighted by molar-refractivity contribution is 6.32. The van der Waals surface area contributed by atoms with Gasteiger partial charge in [-0.1, -0.05) is 17.7 Å². The summed E-state index contributed by atoms with van der Waals surface area (Å²) >= 11 is 6.45. The Morgan fingerprint density at radius 1 is 1.10 bits per heavy atom. The third kappa shape index (κ3) is 3.95. The van der Waals surface area contributed by atoms with Crippen LogP contribution in [0, 0.1) is 0 Å². The monoisotopic (exact) mass is 411 g/mol. The summed E-state index contributed by atoms with van der Waals surface area (Å²) in [5.41, 5.74) is 2.45. The number of fused-ring (bicyclic) bond motifs is 1. The summed E-state index contributed by atoms with van der Waals surface area (Å²) in [5.74, 6) is 0.640. The van der Waals surface area contributed by atoms with Crippen LogP contribution in [0.15, 0.2) is 36.8 Å². The van der Waals surface area contributed by atoms with Gasteiger partial charge >= 0.3 is 0 Å². The lowest BCUT2D eigenvalue weighted by Gasteiger charge is -2.39. The molecule has 5 rings (SSSR count). The Kier molecular flexibility index (Phi) is 5.35. The third-order valence-electron chi connectivity index (χ3n) is 6.05. The van der Waals surface area contributed by atoms with Gasteiger partial charge in [-0.05, 0) is 37.8 Å². The quantitative estimate of drug-likeness (QED) is 0.687. The normalized spacial score (nSPS) is 23.3. The molecule has 0 spiro atoms. The van der Waals surface area contributed by atoms with E-state index in [0.717, 1.165) is 50.4 Å². The average molecular weight is 412 g/mol. The van der Waals surface area contributed by atoms with Crippen LogP contribution in [-0.2, 0) is 0 Å². The average Bonchev–Trinajstić information content (AvgIpc) is 3.20. The minimum Gasteiger partial charge on any atom is -0.351 e. The highest BCUT2D eigenvalue weighted by atomic mass is 35.5. The molecule has 7 nitrogen and oxygen atoms in total. The van der Waals surface area contributed by atoms with E-state index in [9.17, 15) is 0 Å². The predicted octanol–water partition coefficient (Wildman–Crippen LogP) is 3.07. The Balaban J connectivity index is 1.35. The zero-order chi connectivity index (χ0) is 19.6. The maximum atomic E-state index is 6.45. The zero-order valence-corrected chi connectivity index (χ0v) is 17.1. The highest BCUT2D eigenvalue weighted by Crippen LogP contribution is 2.29. The van der Waals surface area contributed by atoms with Crippen molar-refractivity contribution in [1.82, 2.24) is 29.6 Å². The van der Waals surface area contributed by atoms with Gasteiger partial charge in [-0.15, -0.1) is 0 Å². The maximum Gasteiger partial charge on any atom is 0.223 e. The molecular formula is C21H26ClN7. The third-order valence-corrected chi connectivity index (χ3v) is 6.33. The smallest absolute Gasteiger partial charge is 0.223 e. The first-order valence-corrected chi connectivity index (χ1v) is 10.8. The number of halogens is 1. The largest absolute Gasteiger partial charge is 0.351 e. The molecule has 1 saturated heterocycles. The van der Waals surface area contributed by atoms with Crippen LogP contribution in [0.2, 0.25) is 5.02 Å². The van der Waals surface area contributed by atoms with Crippen LogP contribution in [0.25, 0.3) is 17.0 Å². The first-order chi connectivity index (χ1) is 14.3. The summed E-state index contributed by atoms with van der Waals surface area (Å²) in [7, 11) is 0. The van der Waals surface area contributed by atoms with Gasteiger partial charge in [0.15, 0.2) is 0 Å². The molecular weight excluding hydrogens is 386 g/mol. The molecule has 2 aliphatic rings. The Morgan fingerprint density at radius 2 is 2.00 bits per heavy atom. The van der Waals surface area contributed by atoms with Crippen LogP contribution < -0.4 is 10.6 Å². The van der Waals surface area contributed by atoms with Crippen molar-refractivity contribution in [2.45, 2.75) is 37.8 Å². The first kappa shape index (κ1) is 18.8. The summed E-state index contributed by atoms with van der Waals surface area (Å²) in [4.78, 5) is 16.3. The fourth-order valence-electron chi connectivity index (χ4n) is 4.58. The molecule has 3 aromatic heterocycles. The minimum atomic E-state index is 0.389. The van der Waals surface area contributed by atoms with Gasteiger partial charge in [-0.3, -0.25) is 9.30 Å². The molecule has 3 aromatic rings. The molecule has 1 aliphatic carbocycles. The van der Waals surface area contributed by atoms with Gasteiger partial charge < -0.3 is 10.6 Å². The number of pyridine rings is 1. The number of rotatable bonds is 4. The van der Waals surface area contributed by atoms with E-state index in [4.69, 9.17) is 16.6 Å². The fraction of sp³-hybridized carbons (Fsp3) is 0.476. The Labute approximate surface area is 175 Å². The molecule has 1 aliphatic heterocycles. The molecule has 1 saturated carbocycles. The van der Waals surface area contributed by atoms with Crippen LogP contribution in [0.3, 0.4) is 0 Å². The van der Waals surface area contributed by atoms with Crippen molar-refractivity contribution >= 4 is 23.2 Å². The van der Waals surface area contributed by atoms with Crippen molar-refractivity contribution in [2.75, 3.05) is 31.5 Å². The first-order valence-electron chi connectivity index (χ1n) is 10.4. The number of aromatic nitrogens is 4. The summed E-state index contributed by atoms with van der Waals surface area (Å²) in [5, 5.41) is 7.55. The fourth-order valence-corrected chi connectivity index (χ4v) is 4.77. The van der Waals surface area contributed by atoms with E-state index in [0.29, 0.717) is 28.7 Å². The maximum absolute atomic E-state index is 6.45. The molecule has 2 atom stereocenters. The van der Waals surface area contributed by atoms with Crippen LogP contribution in [0.1, 0.15) is 25.7 Å². The number of hydrogen-bond donors (Lipinski definition) is 2. The van der Waals surface area contributed by atoms with Crippen molar-refractivity contribution in [1.29, 1.82) is 0 Å². The molecule has 8 heteroatoms. The van der Waals surface area contributed by atoms with Gasteiger partial charge in [0.1, 0.15) is 11.3 Å². The minimum absolute atomic E-state index is 0.389. The standard InChI is InChI=1S/C21H26ClN7/c22-17-13-25-21(27-20(17)18-14-24-19-6-1-2-9-29(18)19)26-15-4-3-5-16(12-15)28-10-7-23-8-11-28/h1-2,6,9,13-16,23H,3-5,7-8,10-12H2,(H,25,26,27)/t15-,16+/m1/s1. The molecule has 0 amide bonds. The zero-order valence-electron chi connectivity index (χ0n) is 16.4. The summed E-state index contributed by atoms with van der Waals surface area (Å²) in [6.45, 7) is 4.48. The molecule has 0 unspecified atom stereocenters. The van der Waals surface area contributed by atoms with E-state index in [1.54, 1.807) is 6.20 Å². The van der Waals surface area contributed by atoms with E-state index in [1.165, 1.54) is 12.8 Å². The van der Waals surface area contributed by atoms with Crippen molar-refractivity contribution in [3.63, 3.8) is 0 Å². The molecule has 0 aromatic carbocycles. The summed E-state index contributed by atoms with van der Waals surface area (Å²) in [6, 6.07) is 6.95. The van der Waals surface area contributed by atoms with Crippen molar-refractivity contribution in [3.05, 3.63) is 41.8 Å². The van der Waals surface area contributed by atoms with Crippen LogP contribution >= 0.6 is 11.6 Å². The molecule has 4 heterocycles. The molecule has 0 bridgehead atoms. The van der Waals surface area contributed by atoms with Gasteiger partial charge in [0.25, 0.3) is 0 Å². The number of anilines is 1. The number of nitrogens with zero attached hydrogens (tertiary/aromatic N) is 5. The predicted molar refractivity (Wildman–Crippen MR) is 115 cm³/mol. The van der Waals surface area contributed by atoms with Gasteiger partial charge in [0, 0.05) is 44.5 Å². The molecule has 152 valence electrons. The molecule has 2 N–H and O–H groups in total. The Morgan fingerprint density at radius 3 is 2.90 bits per heavy atom. The Bertz CT molecular complexity index is 982.